The quantitative estimate of drug-likeness (QED) is 0.408. The maximum absolute atomic E-state index is 5.71. The van der Waals surface area contributed by atoms with E-state index in [1.165, 1.54) is 0 Å². The smallest absolute Gasteiger partial charge is 0.194 e. The highest BCUT2D eigenvalue weighted by molar-refractivity contribution is 14.0. The van der Waals surface area contributed by atoms with Gasteiger partial charge in [0.15, 0.2) is 5.96 Å². The van der Waals surface area contributed by atoms with Crippen LogP contribution in [-0.4, -0.2) is 76.7 Å². The molecule has 1 N–H and O–H groups in total. The number of guanidine groups is 1. The van der Waals surface area contributed by atoms with Gasteiger partial charge in [-0.2, -0.15) is 0 Å². The maximum Gasteiger partial charge on any atom is 0.194 e. The van der Waals surface area contributed by atoms with Crippen LogP contribution in [0.4, 0.5) is 0 Å². The van der Waals surface area contributed by atoms with Crippen molar-refractivity contribution >= 4 is 29.9 Å². The molecule has 2 aliphatic rings. The van der Waals surface area contributed by atoms with Gasteiger partial charge >= 0.3 is 0 Å². The molecule has 0 amide bonds. The van der Waals surface area contributed by atoms with E-state index in [0.29, 0.717) is 6.61 Å². The van der Waals surface area contributed by atoms with Crippen LogP contribution in [0.2, 0.25) is 0 Å². The van der Waals surface area contributed by atoms with Crippen LogP contribution in [0.15, 0.2) is 4.99 Å². The Kier molecular flexibility index (Phi) is 8.96. The van der Waals surface area contributed by atoms with Crippen molar-refractivity contribution < 1.29 is 14.2 Å². The molecule has 22 heavy (non-hydrogen) atoms. The van der Waals surface area contributed by atoms with Crippen LogP contribution in [-0.2, 0) is 14.2 Å². The lowest BCUT2D eigenvalue weighted by Gasteiger charge is -2.35. The van der Waals surface area contributed by atoms with Crippen molar-refractivity contribution in [3.05, 3.63) is 0 Å². The van der Waals surface area contributed by atoms with E-state index in [4.69, 9.17) is 19.2 Å². The number of ether oxygens (including phenoxy) is 3. The highest BCUT2D eigenvalue weighted by Gasteiger charge is 2.30. The fraction of sp³-hybridized carbons (Fsp3) is 0.933. The Morgan fingerprint density at radius 3 is 2.91 bits per heavy atom. The van der Waals surface area contributed by atoms with Crippen molar-refractivity contribution in [2.75, 3.05) is 59.7 Å². The second-order valence-electron chi connectivity index (χ2n) is 6.18. The summed E-state index contributed by atoms with van der Waals surface area (Å²) < 4.78 is 16.4. The molecule has 2 fully saturated rings. The van der Waals surface area contributed by atoms with Crippen molar-refractivity contribution in [3.8, 4) is 0 Å². The number of halogens is 1. The van der Waals surface area contributed by atoms with E-state index in [2.05, 4.69) is 24.1 Å². The average Bonchev–Trinajstić information content (AvgIpc) is 2.91. The molecule has 130 valence electrons. The topological polar surface area (TPSA) is 55.3 Å². The summed E-state index contributed by atoms with van der Waals surface area (Å²) in [6, 6.07) is 0. The summed E-state index contributed by atoms with van der Waals surface area (Å²) in [6.07, 6.45) is 1.21. The summed E-state index contributed by atoms with van der Waals surface area (Å²) in [6.45, 7) is 10.7. The van der Waals surface area contributed by atoms with E-state index in [0.717, 1.165) is 58.4 Å². The molecule has 2 aliphatic heterocycles. The number of rotatable bonds is 5. The molecule has 0 radical (unpaired) electrons. The molecule has 2 rings (SSSR count). The largest absolute Gasteiger partial charge is 0.382 e. The van der Waals surface area contributed by atoms with E-state index in [1.54, 1.807) is 7.11 Å². The summed E-state index contributed by atoms with van der Waals surface area (Å²) in [5, 5.41) is 3.39. The van der Waals surface area contributed by atoms with Crippen LogP contribution in [0.5, 0.6) is 0 Å². The third-order valence-corrected chi connectivity index (χ3v) is 4.04. The molecule has 7 heteroatoms. The Hall–Kier alpha value is -0.120. The van der Waals surface area contributed by atoms with Crippen LogP contribution in [0.3, 0.4) is 0 Å². The minimum absolute atomic E-state index is 0. The zero-order valence-electron chi connectivity index (χ0n) is 14.0. The molecule has 0 aromatic carbocycles. The number of methoxy groups -OCH3 is 1. The molecule has 0 bridgehead atoms. The van der Waals surface area contributed by atoms with E-state index in [1.807, 2.05) is 0 Å². The molecular weight excluding hydrogens is 397 g/mol. The number of hydrogen-bond acceptors (Lipinski definition) is 4. The lowest BCUT2D eigenvalue weighted by atomic mass is 9.90. The zero-order chi connectivity index (χ0) is 15.1. The first-order chi connectivity index (χ1) is 10.2. The summed E-state index contributed by atoms with van der Waals surface area (Å²) >= 11 is 0. The Bertz CT molecular complexity index is 347. The average molecular weight is 427 g/mol. The fourth-order valence-electron chi connectivity index (χ4n) is 2.72. The third-order valence-electron chi connectivity index (χ3n) is 4.04. The summed E-state index contributed by atoms with van der Waals surface area (Å²) in [4.78, 5) is 7.11. The molecule has 0 aromatic rings. The maximum atomic E-state index is 5.71. The minimum Gasteiger partial charge on any atom is -0.382 e. The predicted octanol–water partition coefficient (Wildman–Crippen LogP) is 1.34. The van der Waals surface area contributed by atoms with Gasteiger partial charge in [0.2, 0.25) is 0 Å². The van der Waals surface area contributed by atoms with Gasteiger partial charge in [0.05, 0.1) is 32.5 Å². The molecule has 2 atom stereocenters. The van der Waals surface area contributed by atoms with Crippen LogP contribution in [0.1, 0.15) is 20.3 Å². The van der Waals surface area contributed by atoms with Crippen molar-refractivity contribution in [1.29, 1.82) is 0 Å². The summed E-state index contributed by atoms with van der Waals surface area (Å²) in [5.74, 6) is 0.982. The van der Waals surface area contributed by atoms with Crippen molar-refractivity contribution in [2.45, 2.75) is 26.4 Å². The third kappa shape index (κ3) is 5.82. The predicted molar refractivity (Wildman–Crippen MR) is 98.1 cm³/mol. The first-order valence-corrected chi connectivity index (χ1v) is 7.88. The fourth-order valence-corrected chi connectivity index (χ4v) is 2.72. The highest BCUT2D eigenvalue weighted by Crippen LogP contribution is 2.28. The molecule has 2 heterocycles. The second kappa shape index (κ2) is 9.89. The van der Waals surface area contributed by atoms with Crippen molar-refractivity contribution in [3.63, 3.8) is 0 Å². The van der Waals surface area contributed by atoms with Crippen molar-refractivity contribution in [1.82, 2.24) is 10.2 Å². The molecule has 2 saturated heterocycles. The van der Waals surface area contributed by atoms with E-state index in [9.17, 15) is 0 Å². The number of hydrogen-bond donors (Lipinski definition) is 1. The Balaban J connectivity index is 0.00000242. The SMILES string of the molecule is CCNC(=NCC1(C)CCOC1)N1CCOC(COC)C1.I. The van der Waals surface area contributed by atoms with Gasteiger partial charge in [-0.3, -0.25) is 4.99 Å². The first kappa shape index (κ1) is 19.9. The Morgan fingerprint density at radius 2 is 2.27 bits per heavy atom. The number of nitrogens with one attached hydrogen (secondary N) is 1. The molecule has 0 aliphatic carbocycles. The molecule has 0 aromatic heterocycles. The molecule has 6 nitrogen and oxygen atoms in total. The van der Waals surface area contributed by atoms with Crippen LogP contribution < -0.4 is 5.32 Å². The second-order valence-corrected chi connectivity index (χ2v) is 6.18. The Labute approximate surface area is 151 Å². The monoisotopic (exact) mass is 427 g/mol. The van der Waals surface area contributed by atoms with Gasteiger partial charge in [-0.25, -0.2) is 0 Å². The summed E-state index contributed by atoms with van der Waals surface area (Å²) in [5.41, 5.74) is 0.179. The zero-order valence-corrected chi connectivity index (χ0v) is 16.3. The van der Waals surface area contributed by atoms with Gasteiger partial charge < -0.3 is 24.4 Å². The minimum atomic E-state index is 0. The van der Waals surface area contributed by atoms with E-state index < -0.39 is 0 Å². The highest BCUT2D eigenvalue weighted by atomic mass is 127. The molecule has 0 spiro atoms. The lowest BCUT2D eigenvalue weighted by Crippen LogP contribution is -2.51. The van der Waals surface area contributed by atoms with Gasteiger partial charge in [-0.1, -0.05) is 6.92 Å². The molecular formula is C15H30IN3O3. The first-order valence-electron chi connectivity index (χ1n) is 7.88. The lowest BCUT2D eigenvalue weighted by molar-refractivity contribution is -0.0447. The Morgan fingerprint density at radius 1 is 1.45 bits per heavy atom. The van der Waals surface area contributed by atoms with Gasteiger partial charge in [0.1, 0.15) is 0 Å². The van der Waals surface area contributed by atoms with E-state index >= 15 is 0 Å². The standard InChI is InChI=1S/C15H29N3O3.HI/c1-4-16-14(17-11-15(2)5-7-20-12-15)18-6-8-21-13(9-18)10-19-3;/h13H,4-12H2,1-3H3,(H,16,17);1H. The normalized spacial score (nSPS) is 29.3. The van der Waals surface area contributed by atoms with Crippen LogP contribution in [0.25, 0.3) is 0 Å². The number of nitrogens with zero attached hydrogens (tertiary/aromatic N) is 2. The van der Waals surface area contributed by atoms with Crippen LogP contribution in [0, 0.1) is 5.41 Å². The number of morpholine rings is 1. The van der Waals surface area contributed by atoms with Gasteiger partial charge in [0.25, 0.3) is 0 Å². The van der Waals surface area contributed by atoms with Crippen LogP contribution >= 0.6 is 24.0 Å². The van der Waals surface area contributed by atoms with Crippen molar-refractivity contribution in [2.24, 2.45) is 10.4 Å². The summed E-state index contributed by atoms with van der Waals surface area (Å²) in [7, 11) is 1.71. The molecule has 2 unspecified atom stereocenters. The van der Waals surface area contributed by atoms with E-state index in [-0.39, 0.29) is 35.5 Å². The van der Waals surface area contributed by atoms with Gasteiger partial charge in [0, 0.05) is 38.8 Å². The molecule has 0 saturated carbocycles. The number of aliphatic imine (C=N–C) groups is 1. The van der Waals surface area contributed by atoms with Gasteiger partial charge in [-0.15, -0.1) is 24.0 Å². The van der Waals surface area contributed by atoms with Gasteiger partial charge in [-0.05, 0) is 13.3 Å².